The van der Waals surface area contributed by atoms with Gasteiger partial charge in [-0.2, -0.15) is 5.26 Å². The first kappa shape index (κ1) is 18.6. The van der Waals surface area contributed by atoms with Gasteiger partial charge in [-0.05, 0) is 64.0 Å². The van der Waals surface area contributed by atoms with Gasteiger partial charge in [-0.15, -0.1) is 0 Å². The fraction of sp³-hybridized carbons (Fsp3) is 0.158. The topological polar surface area (TPSA) is 65.4 Å². The fourth-order valence-corrected chi connectivity index (χ4v) is 2.69. The number of anilines is 2. The summed E-state index contributed by atoms with van der Waals surface area (Å²) in [6, 6.07) is 14.7. The highest BCUT2D eigenvalue weighted by Gasteiger charge is 2.10. The van der Waals surface area contributed by atoms with E-state index >= 15 is 0 Å². The Bertz CT molecular complexity index is 837. The van der Waals surface area contributed by atoms with E-state index < -0.39 is 5.91 Å². The molecule has 0 aromatic heterocycles. The van der Waals surface area contributed by atoms with Crippen molar-refractivity contribution in [3.8, 4) is 11.8 Å². The molecule has 1 N–H and O–H groups in total. The van der Waals surface area contributed by atoms with Crippen molar-refractivity contribution < 1.29 is 9.53 Å². The zero-order valence-electron chi connectivity index (χ0n) is 14.2. The third kappa shape index (κ3) is 4.85. The third-order valence-electron chi connectivity index (χ3n) is 3.49. The molecule has 0 aliphatic carbocycles. The Morgan fingerprint density at radius 3 is 2.44 bits per heavy atom. The lowest BCUT2D eigenvalue weighted by Gasteiger charge is -2.13. The first-order valence-electron chi connectivity index (χ1n) is 7.48. The number of methoxy groups -OCH3 is 1. The molecule has 0 aliphatic rings. The van der Waals surface area contributed by atoms with Crippen LogP contribution >= 0.6 is 15.9 Å². The van der Waals surface area contributed by atoms with Crippen LogP contribution in [0.2, 0.25) is 0 Å². The van der Waals surface area contributed by atoms with E-state index in [4.69, 9.17) is 4.74 Å². The molecule has 0 unspecified atom stereocenters. The van der Waals surface area contributed by atoms with Crippen LogP contribution in [0.5, 0.6) is 5.75 Å². The summed E-state index contributed by atoms with van der Waals surface area (Å²) in [7, 11) is 5.46. The van der Waals surface area contributed by atoms with Crippen LogP contribution in [0.15, 0.2) is 52.5 Å². The summed E-state index contributed by atoms with van der Waals surface area (Å²) >= 11 is 3.39. The molecule has 25 heavy (non-hydrogen) atoms. The number of amides is 1. The lowest BCUT2D eigenvalue weighted by atomic mass is 10.1. The van der Waals surface area contributed by atoms with Crippen molar-refractivity contribution in [1.29, 1.82) is 5.26 Å². The number of nitrogens with one attached hydrogen (secondary N) is 1. The van der Waals surface area contributed by atoms with Crippen molar-refractivity contribution in [3.05, 3.63) is 58.1 Å². The first-order chi connectivity index (χ1) is 11.9. The van der Waals surface area contributed by atoms with E-state index in [1.165, 1.54) is 6.08 Å². The van der Waals surface area contributed by atoms with Crippen molar-refractivity contribution in [2.24, 2.45) is 0 Å². The van der Waals surface area contributed by atoms with E-state index in [-0.39, 0.29) is 5.57 Å². The molecule has 6 heteroatoms. The van der Waals surface area contributed by atoms with Gasteiger partial charge in [-0.1, -0.05) is 6.07 Å². The number of hydrogen-bond donors (Lipinski definition) is 1. The minimum Gasteiger partial charge on any atom is -0.496 e. The Balaban J connectivity index is 2.18. The zero-order valence-corrected chi connectivity index (χ0v) is 15.8. The Hall–Kier alpha value is -2.78. The molecule has 1 amide bonds. The van der Waals surface area contributed by atoms with Gasteiger partial charge in [0, 0.05) is 25.5 Å². The van der Waals surface area contributed by atoms with Gasteiger partial charge in [-0.3, -0.25) is 4.79 Å². The number of nitriles is 1. The minimum absolute atomic E-state index is 0.0220. The van der Waals surface area contributed by atoms with E-state index in [2.05, 4.69) is 21.2 Å². The predicted molar refractivity (Wildman–Crippen MR) is 104 cm³/mol. The van der Waals surface area contributed by atoms with Crippen LogP contribution in [0.1, 0.15) is 5.56 Å². The lowest BCUT2D eigenvalue weighted by molar-refractivity contribution is -0.112. The number of hydrogen-bond acceptors (Lipinski definition) is 4. The van der Waals surface area contributed by atoms with Gasteiger partial charge in [0.1, 0.15) is 17.4 Å². The van der Waals surface area contributed by atoms with Crippen molar-refractivity contribution in [2.45, 2.75) is 0 Å². The third-order valence-corrected chi connectivity index (χ3v) is 4.11. The number of carbonyl (C=O) groups excluding carboxylic acids is 1. The molecule has 0 fully saturated rings. The number of ether oxygens (including phenoxy) is 1. The molecule has 2 rings (SSSR count). The first-order valence-corrected chi connectivity index (χ1v) is 8.28. The van der Waals surface area contributed by atoms with Gasteiger partial charge in [0.25, 0.3) is 5.91 Å². The number of carbonyl (C=O) groups is 1. The Labute approximate surface area is 155 Å². The highest BCUT2D eigenvalue weighted by atomic mass is 79.9. The summed E-state index contributed by atoms with van der Waals surface area (Å²) in [5.41, 5.74) is 2.40. The van der Waals surface area contributed by atoms with Crippen molar-refractivity contribution in [2.75, 3.05) is 31.4 Å². The molecule has 0 saturated heterocycles. The lowest BCUT2D eigenvalue weighted by Crippen LogP contribution is -2.14. The Morgan fingerprint density at radius 1 is 1.24 bits per heavy atom. The van der Waals surface area contributed by atoms with Crippen LogP contribution in [-0.2, 0) is 4.79 Å². The van der Waals surface area contributed by atoms with Crippen LogP contribution in [0, 0.1) is 11.3 Å². The van der Waals surface area contributed by atoms with Crippen LogP contribution in [0.4, 0.5) is 11.4 Å². The smallest absolute Gasteiger partial charge is 0.266 e. The molecule has 0 heterocycles. The van der Waals surface area contributed by atoms with Gasteiger partial charge in [0.2, 0.25) is 0 Å². The van der Waals surface area contributed by atoms with Crippen molar-refractivity contribution in [3.63, 3.8) is 0 Å². The van der Waals surface area contributed by atoms with Crippen LogP contribution in [0.25, 0.3) is 6.08 Å². The summed E-state index contributed by atoms with van der Waals surface area (Å²) in [6.07, 6.45) is 1.54. The van der Waals surface area contributed by atoms with E-state index in [1.54, 1.807) is 37.4 Å². The van der Waals surface area contributed by atoms with Crippen LogP contribution in [-0.4, -0.2) is 27.1 Å². The molecule has 5 nitrogen and oxygen atoms in total. The number of halogens is 1. The standard InChI is InChI=1S/C19H18BrN3O2/c1-23(2)16-7-5-15(6-8-16)22-19(24)14(12-21)10-13-4-9-18(25-3)17(20)11-13/h4-11H,1-3H3,(H,22,24)/b14-10-. The monoisotopic (exact) mass is 399 g/mol. The Kier molecular flexibility index (Phi) is 6.20. The fourth-order valence-electron chi connectivity index (χ4n) is 2.13. The largest absolute Gasteiger partial charge is 0.496 e. The van der Waals surface area contributed by atoms with E-state index in [0.29, 0.717) is 11.4 Å². The highest BCUT2D eigenvalue weighted by molar-refractivity contribution is 9.10. The molecule has 0 bridgehead atoms. The van der Waals surface area contributed by atoms with E-state index in [9.17, 15) is 10.1 Å². The van der Waals surface area contributed by atoms with E-state index in [1.807, 2.05) is 37.2 Å². The molecule has 2 aromatic carbocycles. The second kappa shape index (κ2) is 8.36. The molecule has 0 radical (unpaired) electrons. The Morgan fingerprint density at radius 2 is 1.92 bits per heavy atom. The summed E-state index contributed by atoms with van der Waals surface area (Å²) in [5.74, 6) is 0.230. The van der Waals surface area contributed by atoms with Gasteiger partial charge in [0.05, 0.1) is 11.6 Å². The van der Waals surface area contributed by atoms with Gasteiger partial charge < -0.3 is 15.0 Å². The maximum absolute atomic E-state index is 12.3. The van der Waals surface area contributed by atoms with E-state index in [0.717, 1.165) is 15.7 Å². The van der Waals surface area contributed by atoms with Crippen molar-refractivity contribution in [1.82, 2.24) is 0 Å². The minimum atomic E-state index is -0.452. The zero-order chi connectivity index (χ0) is 18.4. The second-order valence-electron chi connectivity index (χ2n) is 5.46. The SMILES string of the molecule is COc1ccc(/C=C(/C#N)C(=O)Nc2ccc(N(C)C)cc2)cc1Br. The summed E-state index contributed by atoms with van der Waals surface area (Å²) in [4.78, 5) is 14.3. The predicted octanol–water partition coefficient (Wildman–Crippen LogP) is 4.07. The highest BCUT2D eigenvalue weighted by Crippen LogP contribution is 2.26. The molecular formula is C19H18BrN3O2. The number of benzene rings is 2. The molecule has 0 saturated carbocycles. The maximum atomic E-state index is 12.3. The molecule has 128 valence electrons. The molecule has 0 atom stereocenters. The van der Waals surface area contributed by atoms with Gasteiger partial charge in [0.15, 0.2) is 0 Å². The summed E-state index contributed by atoms with van der Waals surface area (Å²) in [5, 5.41) is 12.0. The van der Waals surface area contributed by atoms with Gasteiger partial charge in [-0.25, -0.2) is 0 Å². The summed E-state index contributed by atoms with van der Waals surface area (Å²) in [6.45, 7) is 0. The van der Waals surface area contributed by atoms with Crippen molar-refractivity contribution >= 4 is 39.3 Å². The second-order valence-corrected chi connectivity index (χ2v) is 6.31. The number of rotatable bonds is 5. The number of nitrogens with zero attached hydrogens (tertiary/aromatic N) is 2. The van der Waals surface area contributed by atoms with Crippen LogP contribution < -0.4 is 15.0 Å². The molecular weight excluding hydrogens is 382 g/mol. The van der Waals surface area contributed by atoms with Crippen LogP contribution in [0.3, 0.4) is 0 Å². The average Bonchev–Trinajstić information content (AvgIpc) is 2.60. The summed E-state index contributed by atoms with van der Waals surface area (Å²) < 4.78 is 5.92. The molecule has 0 spiro atoms. The quantitative estimate of drug-likeness (QED) is 0.607. The molecule has 2 aromatic rings. The normalized spacial score (nSPS) is 10.8. The van der Waals surface area contributed by atoms with Gasteiger partial charge >= 0.3 is 0 Å². The average molecular weight is 400 g/mol. The maximum Gasteiger partial charge on any atom is 0.266 e. The molecule has 0 aliphatic heterocycles.